The zero-order valence-electron chi connectivity index (χ0n) is 17.9. The molecule has 2 aromatic carbocycles. The number of amides is 2. The van der Waals surface area contributed by atoms with Crippen LogP contribution in [0.25, 0.3) is 11.0 Å². The van der Waals surface area contributed by atoms with Crippen molar-refractivity contribution in [2.75, 3.05) is 13.1 Å². The molecule has 2 atom stereocenters. The average molecular weight is 431 g/mol. The van der Waals surface area contributed by atoms with Gasteiger partial charge in [-0.25, -0.2) is 9.78 Å². The molecule has 1 N–H and O–H groups in total. The Morgan fingerprint density at radius 1 is 1.09 bits per heavy atom. The SMILES string of the molecule is O=C(CCc1nc2ccccc2[nH]1)N1CCC(N2C(=O)O[C@H]3Cc4ccccc4[C@H]32)CC1. The molecule has 7 heteroatoms. The summed E-state index contributed by atoms with van der Waals surface area (Å²) >= 11 is 0. The van der Waals surface area contributed by atoms with E-state index in [2.05, 4.69) is 22.1 Å². The number of rotatable bonds is 4. The van der Waals surface area contributed by atoms with Gasteiger partial charge in [-0.3, -0.25) is 9.69 Å². The Morgan fingerprint density at radius 2 is 1.88 bits per heavy atom. The van der Waals surface area contributed by atoms with Gasteiger partial charge < -0.3 is 14.6 Å². The number of fused-ring (bicyclic) bond motifs is 4. The van der Waals surface area contributed by atoms with Crippen molar-refractivity contribution in [2.24, 2.45) is 0 Å². The quantitative estimate of drug-likeness (QED) is 0.686. The molecule has 0 radical (unpaired) electrons. The van der Waals surface area contributed by atoms with Crippen LogP contribution in [0.15, 0.2) is 48.5 Å². The lowest BCUT2D eigenvalue weighted by Crippen LogP contribution is -2.47. The number of carbonyl (C=O) groups excluding carboxylic acids is 2. The first kappa shape index (κ1) is 19.3. The van der Waals surface area contributed by atoms with Crippen LogP contribution in [0.1, 0.15) is 42.3 Å². The number of hydrogen-bond acceptors (Lipinski definition) is 4. The fourth-order valence-corrected chi connectivity index (χ4v) is 5.55. The second kappa shape index (κ2) is 7.65. The van der Waals surface area contributed by atoms with E-state index in [9.17, 15) is 9.59 Å². The van der Waals surface area contributed by atoms with Gasteiger partial charge in [0.15, 0.2) is 0 Å². The monoisotopic (exact) mass is 430 g/mol. The van der Waals surface area contributed by atoms with Crippen molar-refractivity contribution >= 4 is 23.0 Å². The molecule has 2 amide bonds. The lowest BCUT2D eigenvalue weighted by atomic mass is 9.99. The van der Waals surface area contributed by atoms with E-state index < -0.39 is 0 Å². The number of aromatic nitrogens is 2. The van der Waals surface area contributed by atoms with Crippen molar-refractivity contribution in [3.8, 4) is 0 Å². The third-order valence-corrected chi connectivity index (χ3v) is 7.13. The second-order valence-corrected chi connectivity index (χ2v) is 8.99. The second-order valence-electron chi connectivity index (χ2n) is 8.99. The minimum absolute atomic E-state index is 0.0130. The van der Waals surface area contributed by atoms with Crippen LogP contribution in [0.4, 0.5) is 4.79 Å². The number of piperidine rings is 1. The van der Waals surface area contributed by atoms with Crippen LogP contribution in [-0.2, 0) is 22.4 Å². The molecule has 2 aliphatic heterocycles. The molecule has 32 heavy (non-hydrogen) atoms. The molecule has 2 saturated heterocycles. The molecular formula is C25H26N4O3. The van der Waals surface area contributed by atoms with Crippen molar-refractivity contribution in [3.05, 3.63) is 65.5 Å². The number of para-hydroxylation sites is 2. The molecule has 3 aliphatic rings. The molecule has 0 saturated carbocycles. The molecule has 1 aromatic heterocycles. The molecule has 0 bridgehead atoms. The van der Waals surface area contributed by atoms with Gasteiger partial charge in [0.05, 0.1) is 17.1 Å². The summed E-state index contributed by atoms with van der Waals surface area (Å²) in [5.41, 5.74) is 4.42. The van der Waals surface area contributed by atoms with E-state index in [1.165, 1.54) is 11.1 Å². The first-order chi connectivity index (χ1) is 15.7. The van der Waals surface area contributed by atoms with E-state index in [-0.39, 0.29) is 30.2 Å². The smallest absolute Gasteiger partial charge is 0.411 e. The van der Waals surface area contributed by atoms with E-state index in [4.69, 9.17) is 4.74 Å². The zero-order valence-corrected chi connectivity index (χ0v) is 17.9. The van der Waals surface area contributed by atoms with Gasteiger partial charge in [-0.05, 0) is 36.1 Å². The third kappa shape index (κ3) is 3.23. The Labute approximate surface area is 186 Å². The van der Waals surface area contributed by atoms with E-state index in [1.807, 2.05) is 46.2 Å². The molecule has 1 aliphatic carbocycles. The topological polar surface area (TPSA) is 78.5 Å². The van der Waals surface area contributed by atoms with Crippen molar-refractivity contribution in [1.82, 2.24) is 19.8 Å². The highest BCUT2D eigenvalue weighted by Gasteiger charge is 2.50. The number of imidazole rings is 1. The summed E-state index contributed by atoms with van der Waals surface area (Å²) in [6, 6.07) is 16.4. The van der Waals surface area contributed by atoms with Crippen molar-refractivity contribution in [3.63, 3.8) is 0 Å². The van der Waals surface area contributed by atoms with Crippen LogP contribution < -0.4 is 0 Å². The number of nitrogens with zero attached hydrogens (tertiary/aromatic N) is 3. The highest BCUT2D eigenvalue weighted by Crippen LogP contribution is 2.44. The van der Waals surface area contributed by atoms with Gasteiger partial charge in [0.25, 0.3) is 0 Å². The zero-order chi connectivity index (χ0) is 21.7. The standard InChI is InChI=1S/C25H26N4O3/c30-23(10-9-22-26-19-7-3-4-8-20(19)27-22)28-13-11-17(12-14-28)29-24-18-6-2-1-5-16(18)15-21(24)32-25(29)31/h1-8,17,21,24H,9-15H2,(H,26,27)/t21-,24+/m0/s1. The van der Waals surface area contributed by atoms with Crippen LogP contribution in [0.2, 0.25) is 0 Å². The number of aromatic amines is 1. The number of carbonyl (C=O) groups is 2. The van der Waals surface area contributed by atoms with Crippen LogP contribution in [0, 0.1) is 0 Å². The Hall–Kier alpha value is -3.35. The highest BCUT2D eigenvalue weighted by molar-refractivity contribution is 5.78. The van der Waals surface area contributed by atoms with Gasteiger partial charge in [-0.1, -0.05) is 36.4 Å². The normalized spacial score (nSPS) is 22.8. The fraction of sp³-hybridized carbons (Fsp3) is 0.400. The van der Waals surface area contributed by atoms with Crippen LogP contribution in [0.5, 0.6) is 0 Å². The van der Waals surface area contributed by atoms with Gasteiger partial charge in [0, 0.05) is 38.4 Å². The summed E-state index contributed by atoms with van der Waals surface area (Å²) in [6.45, 7) is 1.35. The highest BCUT2D eigenvalue weighted by atomic mass is 16.6. The van der Waals surface area contributed by atoms with Gasteiger partial charge in [-0.15, -0.1) is 0 Å². The maximum absolute atomic E-state index is 12.8. The van der Waals surface area contributed by atoms with E-state index in [0.29, 0.717) is 25.9 Å². The molecule has 6 rings (SSSR count). The Balaban J connectivity index is 1.07. The number of nitrogens with one attached hydrogen (secondary N) is 1. The van der Waals surface area contributed by atoms with Gasteiger partial charge in [0.2, 0.25) is 5.91 Å². The summed E-state index contributed by atoms with van der Waals surface area (Å²) in [5, 5.41) is 0. The summed E-state index contributed by atoms with van der Waals surface area (Å²) in [4.78, 5) is 37.2. The lowest BCUT2D eigenvalue weighted by molar-refractivity contribution is -0.132. The average Bonchev–Trinajstić information content (AvgIpc) is 3.48. The lowest BCUT2D eigenvalue weighted by Gasteiger charge is -2.38. The maximum atomic E-state index is 12.8. The predicted octanol–water partition coefficient (Wildman–Crippen LogP) is 3.60. The number of likely N-dealkylation sites (tertiary alicyclic amines) is 1. The Morgan fingerprint density at radius 3 is 2.72 bits per heavy atom. The molecule has 2 fully saturated rings. The maximum Gasteiger partial charge on any atom is 0.411 e. The van der Waals surface area contributed by atoms with Gasteiger partial charge in [-0.2, -0.15) is 0 Å². The van der Waals surface area contributed by atoms with E-state index >= 15 is 0 Å². The number of ether oxygens (including phenoxy) is 1. The predicted molar refractivity (Wildman–Crippen MR) is 119 cm³/mol. The molecule has 7 nitrogen and oxygen atoms in total. The van der Waals surface area contributed by atoms with E-state index in [1.54, 1.807) is 0 Å². The van der Waals surface area contributed by atoms with Crippen molar-refractivity contribution < 1.29 is 14.3 Å². The number of hydrogen-bond donors (Lipinski definition) is 1. The van der Waals surface area contributed by atoms with Crippen LogP contribution in [0.3, 0.4) is 0 Å². The van der Waals surface area contributed by atoms with Crippen molar-refractivity contribution in [1.29, 1.82) is 0 Å². The Kier molecular flexibility index (Phi) is 4.63. The Bertz CT molecular complexity index is 1150. The first-order valence-electron chi connectivity index (χ1n) is 11.5. The summed E-state index contributed by atoms with van der Waals surface area (Å²) in [5.74, 6) is 0.997. The van der Waals surface area contributed by atoms with E-state index in [0.717, 1.165) is 36.1 Å². The number of benzene rings is 2. The molecule has 164 valence electrons. The van der Waals surface area contributed by atoms with Gasteiger partial charge >= 0.3 is 6.09 Å². The fourth-order valence-electron chi connectivity index (χ4n) is 5.55. The minimum Gasteiger partial charge on any atom is -0.443 e. The molecule has 0 unspecified atom stereocenters. The summed E-state index contributed by atoms with van der Waals surface area (Å²) in [6.07, 6.45) is 3.13. The van der Waals surface area contributed by atoms with Crippen LogP contribution >= 0.6 is 0 Å². The summed E-state index contributed by atoms with van der Waals surface area (Å²) in [7, 11) is 0. The largest absolute Gasteiger partial charge is 0.443 e. The summed E-state index contributed by atoms with van der Waals surface area (Å²) < 4.78 is 5.72. The number of H-pyrrole nitrogens is 1. The third-order valence-electron chi connectivity index (χ3n) is 7.13. The first-order valence-corrected chi connectivity index (χ1v) is 11.5. The molecule has 3 aromatic rings. The van der Waals surface area contributed by atoms with Crippen molar-refractivity contribution in [2.45, 2.75) is 50.3 Å². The number of aryl methyl sites for hydroxylation is 1. The minimum atomic E-state index is -0.204. The molecular weight excluding hydrogens is 404 g/mol. The van der Waals surface area contributed by atoms with Gasteiger partial charge in [0.1, 0.15) is 11.9 Å². The molecule has 0 spiro atoms. The molecule has 3 heterocycles. The van der Waals surface area contributed by atoms with Crippen LogP contribution in [-0.4, -0.2) is 57.0 Å².